The van der Waals surface area contributed by atoms with Crippen LogP contribution in [0, 0.1) is 6.92 Å². The molecule has 124 valence electrons. The smallest absolute Gasteiger partial charge is 0.306 e. The first-order valence-corrected chi connectivity index (χ1v) is 7.64. The van der Waals surface area contributed by atoms with Crippen LogP contribution in [-0.2, 0) is 22.6 Å². The van der Waals surface area contributed by atoms with Crippen molar-refractivity contribution in [3.8, 4) is 11.4 Å². The Morgan fingerprint density at radius 3 is 2.71 bits per heavy atom. The first-order chi connectivity index (χ1) is 11.6. The highest BCUT2D eigenvalue weighted by molar-refractivity contribution is 6.30. The molecule has 8 heteroatoms. The van der Waals surface area contributed by atoms with Gasteiger partial charge in [0.25, 0.3) is 0 Å². The summed E-state index contributed by atoms with van der Waals surface area (Å²) in [6, 6.07) is 8.80. The third-order valence-corrected chi connectivity index (χ3v) is 3.42. The number of esters is 1. The Kier molecular flexibility index (Phi) is 4.90. The minimum Gasteiger partial charge on any atom is -0.457 e. The van der Waals surface area contributed by atoms with E-state index in [-0.39, 0.29) is 19.0 Å². The van der Waals surface area contributed by atoms with Crippen LogP contribution in [0.3, 0.4) is 0 Å². The number of benzene rings is 1. The second-order valence-corrected chi connectivity index (χ2v) is 5.55. The third kappa shape index (κ3) is 4.20. The van der Waals surface area contributed by atoms with E-state index in [1.54, 1.807) is 37.3 Å². The number of carbonyl (C=O) groups is 1. The van der Waals surface area contributed by atoms with E-state index in [0.29, 0.717) is 28.9 Å². The van der Waals surface area contributed by atoms with Gasteiger partial charge in [0.15, 0.2) is 12.4 Å². The molecular weight excluding hydrogens is 334 g/mol. The van der Waals surface area contributed by atoms with Gasteiger partial charge >= 0.3 is 5.97 Å². The minimum absolute atomic E-state index is 0.0551. The van der Waals surface area contributed by atoms with Crippen LogP contribution in [0.1, 0.15) is 23.8 Å². The molecule has 0 aliphatic carbocycles. The zero-order valence-corrected chi connectivity index (χ0v) is 13.6. The van der Waals surface area contributed by atoms with Crippen LogP contribution in [0.2, 0.25) is 5.02 Å². The highest BCUT2D eigenvalue weighted by Gasteiger charge is 2.12. The monoisotopic (exact) mass is 347 g/mol. The lowest BCUT2D eigenvalue weighted by molar-refractivity contribution is -0.145. The summed E-state index contributed by atoms with van der Waals surface area (Å²) in [5.41, 5.74) is 1.53. The van der Waals surface area contributed by atoms with E-state index < -0.39 is 0 Å². The molecular formula is C16H14ClN3O4. The summed E-state index contributed by atoms with van der Waals surface area (Å²) in [5, 5.41) is 8.23. The lowest BCUT2D eigenvalue weighted by atomic mass is 10.2. The number of aromatic nitrogens is 3. The van der Waals surface area contributed by atoms with E-state index in [4.69, 9.17) is 25.4 Å². The molecule has 0 atom stereocenters. The molecule has 0 aliphatic rings. The van der Waals surface area contributed by atoms with Gasteiger partial charge in [0.1, 0.15) is 0 Å². The summed E-state index contributed by atoms with van der Waals surface area (Å²) in [6.07, 6.45) is 0.435. The van der Waals surface area contributed by atoms with Gasteiger partial charge in [0, 0.05) is 23.1 Å². The van der Waals surface area contributed by atoms with Gasteiger partial charge in [-0.05, 0) is 31.2 Å². The van der Waals surface area contributed by atoms with Crippen molar-refractivity contribution < 1.29 is 18.6 Å². The summed E-state index contributed by atoms with van der Waals surface area (Å²) in [5.74, 6) is 0.943. The highest BCUT2D eigenvalue weighted by Crippen LogP contribution is 2.19. The molecule has 7 nitrogen and oxygen atoms in total. The van der Waals surface area contributed by atoms with E-state index >= 15 is 0 Å². The van der Waals surface area contributed by atoms with Crippen LogP contribution >= 0.6 is 11.6 Å². The SMILES string of the molecule is Cc1cc(COC(=O)CCc2nc(-c3ccc(Cl)cc3)no2)on1. The van der Waals surface area contributed by atoms with E-state index in [0.717, 1.165) is 11.3 Å². The molecule has 24 heavy (non-hydrogen) atoms. The van der Waals surface area contributed by atoms with Gasteiger partial charge in [-0.25, -0.2) is 0 Å². The fourth-order valence-electron chi connectivity index (χ4n) is 1.99. The summed E-state index contributed by atoms with van der Waals surface area (Å²) >= 11 is 5.84. The molecule has 0 saturated heterocycles. The highest BCUT2D eigenvalue weighted by atomic mass is 35.5. The zero-order chi connectivity index (χ0) is 16.9. The number of hydrogen-bond acceptors (Lipinski definition) is 7. The van der Waals surface area contributed by atoms with Gasteiger partial charge in [-0.3, -0.25) is 4.79 Å². The molecule has 0 N–H and O–H groups in total. The Labute approximate surface area is 142 Å². The van der Waals surface area contributed by atoms with Crippen LogP contribution < -0.4 is 0 Å². The molecule has 0 bridgehead atoms. The van der Waals surface area contributed by atoms with Gasteiger partial charge in [-0.15, -0.1) is 0 Å². The molecule has 1 aromatic carbocycles. The van der Waals surface area contributed by atoms with E-state index in [2.05, 4.69) is 15.3 Å². The largest absolute Gasteiger partial charge is 0.457 e. The van der Waals surface area contributed by atoms with E-state index in [1.165, 1.54) is 0 Å². The van der Waals surface area contributed by atoms with Crippen LogP contribution in [-0.4, -0.2) is 21.3 Å². The molecule has 0 unspecified atom stereocenters. The van der Waals surface area contributed by atoms with Crippen LogP contribution in [0.5, 0.6) is 0 Å². The number of nitrogens with zero attached hydrogens (tertiary/aromatic N) is 3. The van der Waals surface area contributed by atoms with Gasteiger partial charge in [0.2, 0.25) is 11.7 Å². The fourth-order valence-corrected chi connectivity index (χ4v) is 2.12. The van der Waals surface area contributed by atoms with Crippen molar-refractivity contribution in [2.75, 3.05) is 0 Å². The second kappa shape index (κ2) is 7.27. The first kappa shape index (κ1) is 16.2. The Balaban J connectivity index is 1.49. The average Bonchev–Trinajstić information content (AvgIpc) is 3.21. The quantitative estimate of drug-likeness (QED) is 0.631. The Hall–Kier alpha value is -2.67. The summed E-state index contributed by atoms with van der Waals surface area (Å²) in [6.45, 7) is 1.85. The number of hydrogen-bond donors (Lipinski definition) is 0. The molecule has 0 saturated carbocycles. The number of halogens is 1. The Morgan fingerprint density at radius 2 is 2.00 bits per heavy atom. The number of aryl methyl sites for hydroxylation is 2. The van der Waals surface area contributed by atoms with Crippen molar-refractivity contribution in [3.05, 3.63) is 52.7 Å². The van der Waals surface area contributed by atoms with Crippen molar-refractivity contribution in [2.24, 2.45) is 0 Å². The molecule has 2 heterocycles. The van der Waals surface area contributed by atoms with E-state index in [1.807, 2.05) is 0 Å². The van der Waals surface area contributed by atoms with Crippen LogP contribution in [0.4, 0.5) is 0 Å². The van der Waals surface area contributed by atoms with Crippen molar-refractivity contribution in [1.29, 1.82) is 0 Å². The first-order valence-electron chi connectivity index (χ1n) is 7.26. The second-order valence-electron chi connectivity index (χ2n) is 5.11. The Bertz CT molecular complexity index is 826. The van der Waals surface area contributed by atoms with Crippen LogP contribution in [0.25, 0.3) is 11.4 Å². The zero-order valence-electron chi connectivity index (χ0n) is 12.9. The van der Waals surface area contributed by atoms with Gasteiger partial charge in [0.05, 0.1) is 12.1 Å². The molecule has 0 fully saturated rings. The standard InChI is InChI=1S/C16H14ClN3O4/c1-10-8-13(23-19-10)9-22-15(21)7-6-14-18-16(20-24-14)11-2-4-12(17)5-3-11/h2-5,8H,6-7,9H2,1H3. The maximum Gasteiger partial charge on any atom is 0.306 e. The number of carbonyl (C=O) groups excluding carboxylic acids is 1. The normalized spacial score (nSPS) is 10.8. The van der Waals surface area contributed by atoms with Crippen molar-refractivity contribution in [2.45, 2.75) is 26.4 Å². The molecule has 0 aliphatic heterocycles. The van der Waals surface area contributed by atoms with Gasteiger partial charge in [-0.2, -0.15) is 4.98 Å². The van der Waals surface area contributed by atoms with Crippen molar-refractivity contribution in [3.63, 3.8) is 0 Å². The van der Waals surface area contributed by atoms with Crippen molar-refractivity contribution >= 4 is 17.6 Å². The minimum atomic E-state index is -0.379. The van der Waals surface area contributed by atoms with E-state index in [9.17, 15) is 4.79 Å². The summed E-state index contributed by atoms with van der Waals surface area (Å²) in [4.78, 5) is 16.0. The fraction of sp³-hybridized carbons (Fsp3) is 0.250. The molecule has 3 rings (SSSR count). The Morgan fingerprint density at radius 1 is 1.21 bits per heavy atom. The lowest BCUT2D eigenvalue weighted by Crippen LogP contribution is -2.05. The third-order valence-electron chi connectivity index (χ3n) is 3.17. The number of rotatable bonds is 6. The lowest BCUT2D eigenvalue weighted by Gasteiger charge is -2.00. The predicted molar refractivity (Wildman–Crippen MR) is 84.1 cm³/mol. The van der Waals surface area contributed by atoms with Gasteiger partial charge in [-0.1, -0.05) is 21.9 Å². The molecule has 0 radical (unpaired) electrons. The predicted octanol–water partition coefficient (Wildman–Crippen LogP) is 3.36. The molecule has 3 aromatic rings. The van der Waals surface area contributed by atoms with Crippen molar-refractivity contribution in [1.82, 2.24) is 15.3 Å². The number of ether oxygens (including phenoxy) is 1. The topological polar surface area (TPSA) is 91.2 Å². The van der Waals surface area contributed by atoms with Crippen LogP contribution in [0.15, 0.2) is 39.4 Å². The maximum absolute atomic E-state index is 11.7. The molecule has 0 spiro atoms. The summed E-state index contributed by atoms with van der Waals surface area (Å²) in [7, 11) is 0. The molecule has 2 aromatic heterocycles. The maximum atomic E-state index is 11.7. The average molecular weight is 348 g/mol. The summed E-state index contributed by atoms with van der Waals surface area (Å²) < 4.78 is 15.2. The van der Waals surface area contributed by atoms with Gasteiger partial charge < -0.3 is 13.8 Å². The molecule has 0 amide bonds.